The molecule has 0 saturated heterocycles. The van der Waals surface area contributed by atoms with Gasteiger partial charge in [0.2, 0.25) is 12.5 Å². The van der Waals surface area contributed by atoms with Gasteiger partial charge in [-0.3, -0.25) is 4.79 Å². The maximum atomic E-state index is 11.9. The van der Waals surface area contributed by atoms with Crippen molar-refractivity contribution < 1.29 is 17.8 Å². The lowest BCUT2D eigenvalue weighted by molar-refractivity contribution is -0.684. The van der Waals surface area contributed by atoms with E-state index in [9.17, 15) is 13.2 Å². The van der Waals surface area contributed by atoms with Gasteiger partial charge in [-0.1, -0.05) is 6.07 Å². The Bertz CT molecular complexity index is 813. The van der Waals surface area contributed by atoms with Crippen LogP contribution in [0.2, 0.25) is 0 Å². The SMILES string of the molecule is NC(N)=NS(=O)(=O)c1ccc(NC(=O)C[n+]2ccccc2)cc1. The maximum Gasteiger partial charge on any atom is 0.290 e. The Morgan fingerprint density at radius 2 is 1.70 bits per heavy atom. The molecule has 0 spiro atoms. The number of amides is 1. The summed E-state index contributed by atoms with van der Waals surface area (Å²) in [5, 5.41) is 2.67. The summed E-state index contributed by atoms with van der Waals surface area (Å²) in [7, 11) is -3.93. The van der Waals surface area contributed by atoms with Gasteiger partial charge in [-0.2, -0.15) is 13.0 Å². The van der Waals surface area contributed by atoms with Crippen molar-refractivity contribution in [1.29, 1.82) is 0 Å². The first kappa shape index (κ1) is 16.4. The number of pyridine rings is 1. The quantitative estimate of drug-likeness (QED) is 0.388. The van der Waals surface area contributed by atoms with Crippen LogP contribution in [0.15, 0.2) is 64.2 Å². The number of hydrogen-bond donors (Lipinski definition) is 3. The van der Waals surface area contributed by atoms with Crippen molar-refractivity contribution in [2.45, 2.75) is 11.4 Å². The summed E-state index contributed by atoms with van der Waals surface area (Å²) in [4.78, 5) is 11.8. The van der Waals surface area contributed by atoms with Crippen LogP contribution in [0.3, 0.4) is 0 Å². The van der Waals surface area contributed by atoms with Gasteiger partial charge in [0, 0.05) is 17.8 Å². The van der Waals surface area contributed by atoms with Gasteiger partial charge >= 0.3 is 0 Å². The number of benzene rings is 1. The van der Waals surface area contributed by atoms with Gasteiger partial charge in [0.1, 0.15) is 0 Å². The minimum atomic E-state index is -3.93. The van der Waals surface area contributed by atoms with Crippen LogP contribution in [0.25, 0.3) is 0 Å². The fourth-order valence-corrected chi connectivity index (χ4v) is 2.67. The molecule has 0 radical (unpaired) electrons. The lowest BCUT2D eigenvalue weighted by atomic mass is 10.3. The predicted molar refractivity (Wildman–Crippen MR) is 84.7 cm³/mol. The van der Waals surface area contributed by atoms with E-state index in [2.05, 4.69) is 9.71 Å². The van der Waals surface area contributed by atoms with Crippen molar-refractivity contribution in [2.75, 3.05) is 5.32 Å². The van der Waals surface area contributed by atoms with Crippen molar-refractivity contribution in [3.05, 3.63) is 54.9 Å². The Labute approximate surface area is 133 Å². The number of nitrogens with one attached hydrogen (secondary N) is 1. The van der Waals surface area contributed by atoms with Gasteiger partial charge in [0.15, 0.2) is 12.4 Å². The zero-order chi connectivity index (χ0) is 16.9. The molecule has 0 aliphatic rings. The van der Waals surface area contributed by atoms with Gasteiger partial charge in [0.05, 0.1) is 4.90 Å². The molecule has 0 fully saturated rings. The number of carbonyl (C=O) groups is 1. The van der Waals surface area contributed by atoms with Gasteiger partial charge < -0.3 is 16.8 Å². The van der Waals surface area contributed by atoms with Gasteiger partial charge in [-0.25, -0.2) is 0 Å². The zero-order valence-electron chi connectivity index (χ0n) is 12.1. The molecule has 1 aromatic carbocycles. The zero-order valence-corrected chi connectivity index (χ0v) is 12.9. The topological polar surface area (TPSA) is 132 Å². The van der Waals surface area contributed by atoms with Crippen LogP contribution >= 0.6 is 0 Å². The normalized spacial score (nSPS) is 10.8. The van der Waals surface area contributed by atoms with E-state index in [4.69, 9.17) is 11.5 Å². The molecular weight excluding hydrogens is 318 g/mol. The molecule has 8 nitrogen and oxygen atoms in total. The van der Waals surface area contributed by atoms with E-state index in [0.29, 0.717) is 5.69 Å². The van der Waals surface area contributed by atoms with Gasteiger partial charge in [-0.05, 0) is 24.3 Å². The summed E-state index contributed by atoms with van der Waals surface area (Å²) >= 11 is 0. The number of anilines is 1. The highest BCUT2D eigenvalue weighted by molar-refractivity contribution is 7.90. The molecule has 0 bridgehead atoms. The molecule has 0 atom stereocenters. The number of carbonyl (C=O) groups excluding carboxylic acids is 1. The van der Waals surface area contributed by atoms with Crippen molar-refractivity contribution in [3.8, 4) is 0 Å². The molecule has 0 unspecified atom stereocenters. The second-order valence-corrected chi connectivity index (χ2v) is 6.22. The number of hydrogen-bond acceptors (Lipinski definition) is 3. The molecular formula is C14H16N5O3S+. The smallest absolute Gasteiger partial charge is 0.290 e. The molecule has 0 aliphatic carbocycles. The Morgan fingerprint density at radius 1 is 1.09 bits per heavy atom. The van der Waals surface area contributed by atoms with Crippen LogP contribution in [0.4, 0.5) is 5.69 Å². The second-order valence-electron chi connectivity index (χ2n) is 4.61. The maximum absolute atomic E-state index is 11.9. The highest BCUT2D eigenvalue weighted by Gasteiger charge is 2.14. The average Bonchev–Trinajstić information content (AvgIpc) is 2.47. The molecule has 1 aromatic heterocycles. The van der Waals surface area contributed by atoms with Crippen molar-refractivity contribution in [2.24, 2.45) is 15.9 Å². The van der Waals surface area contributed by atoms with Gasteiger partial charge in [0.25, 0.3) is 15.9 Å². The van der Waals surface area contributed by atoms with E-state index in [0.717, 1.165) is 0 Å². The van der Waals surface area contributed by atoms with Crippen LogP contribution in [0, 0.1) is 0 Å². The van der Waals surface area contributed by atoms with E-state index < -0.39 is 16.0 Å². The molecule has 2 rings (SSSR count). The van der Waals surface area contributed by atoms with Crippen molar-refractivity contribution >= 4 is 27.6 Å². The fourth-order valence-electron chi connectivity index (χ4n) is 1.81. The first-order chi connectivity index (χ1) is 10.9. The van der Waals surface area contributed by atoms with E-state index in [-0.39, 0.29) is 17.3 Å². The molecule has 2 aromatic rings. The van der Waals surface area contributed by atoms with Crippen LogP contribution < -0.4 is 21.4 Å². The second kappa shape index (κ2) is 6.88. The van der Waals surface area contributed by atoms with E-state index >= 15 is 0 Å². The number of nitrogens with two attached hydrogens (primary N) is 2. The Balaban J connectivity index is 2.06. The molecule has 1 heterocycles. The number of guanidine groups is 1. The van der Waals surface area contributed by atoms with Crippen LogP contribution in [-0.2, 0) is 21.4 Å². The van der Waals surface area contributed by atoms with Crippen molar-refractivity contribution in [1.82, 2.24) is 0 Å². The van der Waals surface area contributed by atoms with E-state index in [1.54, 1.807) is 17.0 Å². The Hall–Kier alpha value is -2.94. The molecule has 120 valence electrons. The number of sulfonamides is 1. The Kier molecular flexibility index (Phi) is 4.91. The monoisotopic (exact) mass is 334 g/mol. The molecule has 23 heavy (non-hydrogen) atoms. The molecule has 1 amide bonds. The minimum Gasteiger partial charge on any atom is -0.369 e. The molecule has 0 saturated carbocycles. The summed E-state index contributed by atoms with van der Waals surface area (Å²) in [5.74, 6) is -0.775. The van der Waals surface area contributed by atoms with Crippen LogP contribution in [0.1, 0.15) is 0 Å². The highest BCUT2D eigenvalue weighted by Crippen LogP contribution is 2.16. The number of rotatable bonds is 5. The summed E-state index contributed by atoms with van der Waals surface area (Å²) in [6.07, 6.45) is 3.54. The summed E-state index contributed by atoms with van der Waals surface area (Å²) in [6.45, 7) is 0.148. The first-order valence-electron chi connectivity index (χ1n) is 6.57. The standard InChI is InChI=1S/C14H15N5O3S/c15-14(16)18-23(21,22)12-6-4-11(5-7-12)17-13(20)10-19-8-2-1-3-9-19/h1-9H,10H2,(H4-,15,16,17,18,20)/p+1. The largest absolute Gasteiger partial charge is 0.369 e. The summed E-state index contributed by atoms with van der Waals surface area (Å²) in [5.41, 5.74) is 10.6. The summed E-state index contributed by atoms with van der Waals surface area (Å²) < 4.78 is 28.5. The predicted octanol–water partition coefficient (Wildman–Crippen LogP) is -0.425. The van der Waals surface area contributed by atoms with E-state index in [1.165, 1.54) is 24.3 Å². The third-order valence-corrected chi connectivity index (χ3v) is 4.08. The van der Waals surface area contributed by atoms with Gasteiger partial charge in [-0.15, -0.1) is 4.40 Å². The first-order valence-corrected chi connectivity index (χ1v) is 8.01. The van der Waals surface area contributed by atoms with Crippen LogP contribution in [0.5, 0.6) is 0 Å². The van der Waals surface area contributed by atoms with Crippen LogP contribution in [-0.4, -0.2) is 20.3 Å². The molecule has 9 heteroatoms. The fraction of sp³-hybridized carbons (Fsp3) is 0.0714. The highest BCUT2D eigenvalue weighted by atomic mass is 32.2. The molecule has 0 aliphatic heterocycles. The van der Waals surface area contributed by atoms with E-state index in [1.807, 2.05) is 18.2 Å². The molecule has 5 N–H and O–H groups in total. The van der Waals surface area contributed by atoms with Crippen molar-refractivity contribution in [3.63, 3.8) is 0 Å². The lowest BCUT2D eigenvalue weighted by Gasteiger charge is -2.04. The summed E-state index contributed by atoms with van der Waals surface area (Å²) in [6, 6.07) is 11.0. The third-order valence-electron chi connectivity index (χ3n) is 2.77. The Morgan fingerprint density at radius 3 is 2.26 bits per heavy atom. The third kappa shape index (κ3) is 4.78. The lowest BCUT2D eigenvalue weighted by Crippen LogP contribution is -2.39. The minimum absolute atomic E-state index is 0.0682. The average molecular weight is 334 g/mol. The number of nitrogens with zero attached hydrogens (tertiary/aromatic N) is 2. The number of aromatic nitrogens is 1.